The van der Waals surface area contributed by atoms with Gasteiger partial charge in [0.15, 0.2) is 0 Å². The van der Waals surface area contributed by atoms with Crippen molar-refractivity contribution >= 4 is 5.97 Å². The van der Waals surface area contributed by atoms with Gasteiger partial charge in [-0.05, 0) is 6.42 Å². The molecule has 0 radical (unpaired) electrons. The zero-order valence-corrected chi connectivity index (χ0v) is 11.5. The monoisotopic (exact) mass is 251 g/mol. The van der Waals surface area contributed by atoms with Gasteiger partial charge in [-0.2, -0.15) is 5.26 Å². The third kappa shape index (κ3) is 12.8. The van der Waals surface area contributed by atoms with E-state index in [4.69, 9.17) is 10.00 Å². The number of ether oxygens (including phenoxy) is 1. The molecule has 0 aliphatic rings. The minimum atomic E-state index is -0.420. The van der Waals surface area contributed by atoms with E-state index in [0.717, 1.165) is 25.0 Å². The molecule has 0 spiro atoms. The molecule has 0 fully saturated rings. The van der Waals surface area contributed by atoms with Crippen LogP contribution >= 0.6 is 0 Å². The van der Waals surface area contributed by atoms with Crippen molar-refractivity contribution in [1.82, 2.24) is 0 Å². The van der Waals surface area contributed by atoms with Crippen molar-refractivity contribution in [2.24, 2.45) is 0 Å². The predicted octanol–water partition coefficient (Wildman–Crippen LogP) is 4.14. The third-order valence-electron chi connectivity index (χ3n) is 2.79. The molecule has 0 saturated heterocycles. The molecule has 0 atom stereocenters. The molecular weight excluding hydrogens is 226 g/mol. The Labute approximate surface area is 111 Å². The van der Waals surface area contributed by atoms with Crippen LogP contribution in [0.3, 0.4) is 0 Å². The summed E-state index contributed by atoms with van der Waals surface area (Å²) in [5, 5.41) is 8.22. The Morgan fingerprint density at radius 2 is 1.61 bits per heavy atom. The van der Waals surface area contributed by atoms with Gasteiger partial charge >= 0.3 is 5.97 Å². The van der Waals surface area contributed by atoms with Crippen molar-refractivity contribution in [2.75, 3.05) is 6.61 Å². The number of hydrogen-bond donors (Lipinski definition) is 0. The molecule has 0 rings (SSSR count). The number of hydrogen-bond acceptors (Lipinski definition) is 3. The van der Waals surface area contributed by atoms with Crippen LogP contribution in [0.25, 0.3) is 0 Å². The fraction of sp³-hybridized carbons (Fsp3) is 0.733. The van der Waals surface area contributed by atoms with Gasteiger partial charge in [-0.15, -0.1) is 0 Å². The van der Waals surface area contributed by atoms with Crippen molar-refractivity contribution in [3.63, 3.8) is 0 Å². The van der Waals surface area contributed by atoms with E-state index in [-0.39, 0.29) is 0 Å². The Balaban J connectivity index is 3.14. The molecule has 102 valence electrons. The molecule has 0 unspecified atom stereocenters. The summed E-state index contributed by atoms with van der Waals surface area (Å²) in [5.41, 5.74) is 0. The molecule has 0 N–H and O–H groups in total. The zero-order valence-electron chi connectivity index (χ0n) is 11.5. The highest BCUT2D eigenvalue weighted by atomic mass is 16.5. The highest BCUT2D eigenvalue weighted by Gasteiger charge is 1.96. The van der Waals surface area contributed by atoms with Crippen LogP contribution in [0, 0.1) is 11.3 Å². The Bertz CT molecular complexity index is 266. The summed E-state index contributed by atoms with van der Waals surface area (Å²) >= 11 is 0. The van der Waals surface area contributed by atoms with Crippen LogP contribution < -0.4 is 0 Å². The lowest BCUT2D eigenvalue weighted by Crippen LogP contribution is -2.02. The Hall–Kier alpha value is -1.30. The summed E-state index contributed by atoms with van der Waals surface area (Å²) < 4.78 is 4.93. The first kappa shape index (κ1) is 16.7. The standard InChI is InChI=1S/C15H25NO2/c1-2-3-4-5-6-7-8-9-10-14-18-15(17)12-11-13-16/h11-12H,2-10,14H2,1H3. The van der Waals surface area contributed by atoms with E-state index in [1.807, 2.05) is 0 Å². The normalized spacial score (nSPS) is 10.4. The molecule has 3 heteroatoms. The molecule has 3 nitrogen and oxygen atoms in total. The van der Waals surface area contributed by atoms with Gasteiger partial charge in [0, 0.05) is 12.2 Å². The van der Waals surface area contributed by atoms with Crippen LogP contribution in [0.15, 0.2) is 12.2 Å². The van der Waals surface area contributed by atoms with Crippen LogP contribution in [0.4, 0.5) is 0 Å². The van der Waals surface area contributed by atoms with Crippen LogP contribution in [0.5, 0.6) is 0 Å². The van der Waals surface area contributed by atoms with Gasteiger partial charge in [-0.1, -0.05) is 58.3 Å². The minimum Gasteiger partial charge on any atom is -0.463 e. The molecule has 0 aliphatic heterocycles. The van der Waals surface area contributed by atoms with Crippen LogP contribution in [-0.4, -0.2) is 12.6 Å². The molecular formula is C15H25NO2. The Morgan fingerprint density at radius 1 is 1.06 bits per heavy atom. The van der Waals surface area contributed by atoms with Crippen molar-refractivity contribution in [3.8, 4) is 6.07 Å². The lowest BCUT2D eigenvalue weighted by atomic mass is 10.1. The van der Waals surface area contributed by atoms with E-state index >= 15 is 0 Å². The first-order chi connectivity index (χ1) is 8.81. The topological polar surface area (TPSA) is 50.1 Å². The second kappa shape index (κ2) is 13.8. The SMILES string of the molecule is CCCCCCCCCCCOC(=O)C=CC#N. The molecule has 0 aromatic carbocycles. The van der Waals surface area contributed by atoms with Gasteiger partial charge in [-0.3, -0.25) is 0 Å². The number of rotatable bonds is 11. The zero-order chi connectivity index (χ0) is 13.5. The highest BCUT2D eigenvalue weighted by Crippen LogP contribution is 2.09. The van der Waals surface area contributed by atoms with Crippen molar-refractivity contribution in [3.05, 3.63) is 12.2 Å². The van der Waals surface area contributed by atoms with E-state index in [9.17, 15) is 4.79 Å². The second-order valence-electron chi connectivity index (χ2n) is 4.46. The lowest BCUT2D eigenvalue weighted by molar-refractivity contribution is -0.137. The molecule has 18 heavy (non-hydrogen) atoms. The van der Waals surface area contributed by atoms with E-state index in [2.05, 4.69) is 6.92 Å². The maximum Gasteiger partial charge on any atom is 0.331 e. The molecule has 0 aromatic heterocycles. The van der Waals surface area contributed by atoms with Gasteiger partial charge in [0.05, 0.1) is 12.7 Å². The Morgan fingerprint density at radius 3 is 2.17 bits per heavy atom. The summed E-state index contributed by atoms with van der Waals surface area (Å²) in [4.78, 5) is 11.0. The average Bonchev–Trinajstić information content (AvgIpc) is 2.38. The van der Waals surface area contributed by atoms with Crippen molar-refractivity contribution < 1.29 is 9.53 Å². The second-order valence-corrected chi connectivity index (χ2v) is 4.46. The quantitative estimate of drug-likeness (QED) is 0.240. The smallest absolute Gasteiger partial charge is 0.331 e. The molecule has 0 aromatic rings. The van der Waals surface area contributed by atoms with E-state index < -0.39 is 5.97 Å². The summed E-state index contributed by atoms with van der Waals surface area (Å²) in [6, 6.07) is 1.76. The molecule has 0 bridgehead atoms. The number of carbonyl (C=O) groups is 1. The van der Waals surface area contributed by atoms with Crippen molar-refractivity contribution in [1.29, 1.82) is 5.26 Å². The fourth-order valence-corrected chi connectivity index (χ4v) is 1.74. The third-order valence-corrected chi connectivity index (χ3v) is 2.79. The number of nitriles is 1. The lowest BCUT2D eigenvalue weighted by Gasteiger charge is -2.02. The average molecular weight is 251 g/mol. The van der Waals surface area contributed by atoms with Crippen LogP contribution in [0.2, 0.25) is 0 Å². The number of unbranched alkanes of at least 4 members (excludes halogenated alkanes) is 8. The number of carbonyl (C=O) groups excluding carboxylic acids is 1. The van der Waals surface area contributed by atoms with Gasteiger partial charge in [0.25, 0.3) is 0 Å². The first-order valence-corrected chi connectivity index (χ1v) is 7.04. The number of nitrogens with zero attached hydrogens (tertiary/aromatic N) is 1. The summed E-state index contributed by atoms with van der Waals surface area (Å²) in [7, 11) is 0. The van der Waals surface area contributed by atoms with E-state index in [1.54, 1.807) is 6.07 Å². The minimum absolute atomic E-state index is 0.420. The maximum absolute atomic E-state index is 11.0. The highest BCUT2D eigenvalue weighted by molar-refractivity contribution is 5.82. The number of esters is 1. The van der Waals surface area contributed by atoms with E-state index in [1.165, 1.54) is 44.9 Å². The molecule has 0 saturated carbocycles. The van der Waals surface area contributed by atoms with Crippen molar-refractivity contribution in [2.45, 2.75) is 64.7 Å². The first-order valence-electron chi connectivity index (χ1n) is 7.04. The fourth-order valence-electron chi connectivity index (χ4n) is 1.74. The molecule has 0 heterocycles. The summed E-state index contributed by atoms with van der Waals surface area (Å²) in [6.45, 7) is 2.69. The van der Waals surface area contributed by atoms with E-state index in [0.29, 0.717) is 6.61 Å². The predicted molar refractivity (Wildman–Crippen MR) is 72.9 cm³/mol. The van der Waals surface area contributed by atoms with Crippen LogP contribution in [-0.2, 0) is 9.53 Å². The van der Waals surface area contributed by atoms with Gasteiger partial charge < -0.3 is 4.74 Å². The summed E-state index contributed by atoms with van der Waals surface area (Å²) in [6.07, 6.45) is 13.5. The largest absolute Gasteiger partial charge is 0.463 e. The molecule has 0 amide bonds. The van der Waals surface area contributed by atoms with Gasteiger partial charge in [0.2, 0.25) is 0 Å². The maximum atomic E-state index is 11.0. The number of allylic oxidation sites excluding steroid dienone is 1. The van der Waals surface area contributed by atoms with Gasteiger partial charge in [-0.25, -0.2) is 4.79 Å². The van der Waals surface area contributed by atoms with Gasteiger partial charge in [0.1, 0.15) is 0 Å². The Kier molecular flexibility index (Phi) is 12.8. The molecule has 0 aliphatic carbocycles. The summed E-state index contributed by atoms with van der Waals surface area (Å²) in [5.74, 6) is -0.420. The van der Waals surface area contributed by atoms with Crippen LogP contribution in [0.1, 0.15) is 64.7 Å².